The Morgan fingerprint density at radius 1 is 1.29 bits per heavy atom. The second-order valence-corrected chi connectivity index (χ2v) is 4.38. The van der Waals surface area contributed by atoms with E-state index in [1.165, 1.54) is 12.1 Å². The molecule has 0 N–H and O–H groups in total. The van der Waals surface area contributed by atoms with Gasteiger partial charge in [-0.2, -0.15) is 0 Å². The molecule has 0 fully saturated rings. The van der Waals surface area contributed by atoms with E-state index in [2.05, 4.69) is 16.9 Å². The highest BCUT2D eigenvalue weighted by atomic mass is 19.1. The molecule has 0 saturated carbocycles. The van der Waals surface area contributed by atoms with Crippen LogP contribution in [0.15, 0.2) is 28.7 Å². The second kappa shape index (κ2) is 3.96. The van der Waals surface area contributed by atoms with Crippen LogP contribution in [0.2, 0.25) is 0 Å². The lowest BCUT2D eigenvalue weighted by molar-refractivity contribution is 0.292. The van der Waals surface area contributed by atoms with E-state index < -0.39 is 0 Å². The zero-order chi connectivity index (χ0) is 11.8. The summed E-state index contributed by atoms with van der Waals surface area (Å²) in [6.07, 6.45) is 0.889. The summed E-state index contributed by atoms with van der Waals surface area (Å²) in [7, 11) is 2.06. The first-order valence-corrected chi connectivity index (χ1v) is 5.65. The van der Waals surface area contributed by atoms with Crippen LogP contribution in [0.3, 0.4) is 0 Å². The van der Waals surface area contributed by atoms with Gasteiger partial charge in [0, 0.05) is 25.1 Å². The lowest BCUT2D eigenvalue weighted by Gasteiger charge is -2.19. The molecule has 2 heterocycles. The summed E-state index contributed by atoms with van der Waals surface area (Å²) in [4.78, 5) is 6.68. The number of halogens is 1. The number of hydrogen-bond donors (Lipinski definition) is 0. The lowest BCUT2D eigenvalue weighted by Crippen LogP contribution is -2.25. The minimum atomic E-state index is -0.246. The van der Waals surface area contributed by atoms with E-state index in [-0.39, 0.29) is 5.82 Å². The van der Waals surface area contributed by atoms with Gasteiger partial charge >= 0.3 is 0 Å². The number of benzene rings is 1. The van der Waals surface area contributed by atoms with Crippen molar-refractivity contribution in [3.63, 3.8) is 0 Å². The number of nitrogens with zero attached hydrogens (tertiary/aromatic N) is 2. The third-order valence-electron chi connectivity index (χ3n) is 3.01. The van der Waals surface area contributed by atoms with Gasteiger partial charge in [-0.05, 0) is 31.3 Å². The predicted molar refractivity (Wildman–Crippen MR) is 61.9 cm³/mol. The third-order valence-corrected chi connectivity index (χ3v) is 3.01. The summed E-state index contributed by atoms with van der Waals surface area (Å²) in [6.45, 7) is 1.81. The standard InChI is InChI=1S/C13H13FN2O/c1-16-7-6-12-11(8-16)15-13(17-12)9-2-4-10(14)5-3-9/h2-5H,6-8H2,1H3. The van der Waals surface area contributed by atoms with Gasteiger partial charge in [0.2, 0.25) is 5.89 Å². The number of hydrogen-bond acceptors (Lipinski definition) is 3. The number of rotatable bonds is 1. The van der Waals surface area contributed by atoms with Gasteiger partial charge in [-0.3, -0.25) is 4.90 Å². The monoisotopic (exact) mass is 232 g/mol. The Bertz CT molecular complexity index is 533. The quantitative estimate of drug-likeness (QED) is 0.756. The molecule has 2 aromatic rings. The first kappa shape index (κ1) is 10.5. The van der Waals surface area contributed by atoms with E-state index in [9.17, 15) is 4.39 Å². The molecule has 0 bridgehead atoms. The summed E-state index contributed by atoms with van der Waals surface area (Å²) >= 11 is 0. The molecule has 1 aliphatic rings. The normalized spacial score (nSPS) is 15.9. The molecule has 17 heavy (non-hydrogen) atoms. The van der Waals surface area contributed by atoms with Crippen molar-refractivity contribution in [1.82, 2.24) is 9.88 Å². The average molecular weight is 232 g/mol. The van der Waals surface area contributed by atoms with Crippen LogP contribution < -0.4 is 0 Å². The van der Waals surface area contributed by atoms with Crippen LogP contribution in [0.25, 0.3) is 11.5 Å². The predicted octanol–water partition coefficient (Wildman–Crippen LogP) is 2.47. The van der Waals surface area contributed by atoms with Crippen LogP contribution in [0.1, 0.15) is 11.5 Å². The van der Waals surface area contributed by atoms with Crippen molar-refractivity contribution >= 4 is 0 Å². The second-order valence-electron chi connectivity index (χ2n) is 4.38. The molecule has 1 aliphatic heterocycles. The van der Waals surface area contributed by atoms with Crippen LogP contribution in [0, 0.1) is 5.82 Å². The molecule has 3 nitrogen and oxygen atoms in total. The molecule has 3 rings (SSSR count). The molecule has 0 aliphatic carbocycles. The van der Waals surface area contributed by atoms with E-state index in [4.69, 9.17) is 4.42 Å². The van der Waals surface area contributed by atoms with Crippen molar-refractivity contribution in [3.05, 3.63) is 41.5 Å². The van der Waals surface area contributed by atoms with Crippen molar-refractivity contribution in [2.24, 2.45) is 0 Å². The molecule has 88 valence electrons. The van der Waals surface area contributed by atoms with E-state index in [0.29, 0.717) is 5.89 Å². The van der Waals surface area contributed by atoms with E-state index in [0.717, 1.165) is 36.5 Å². The van der Waals surface area contributed by atoms with Crippen LogP contribution in [0.4, 0.5) is 4.39 Å². The molecular weight excluding hydrogens is 219 g/mol. The van der Waals surface area contributed by atoms with E-state index in [1.807, 2.05) is 0 Å². The Hall–Kier alpha value is -1.68. The van der Waals surface area contributed by atoms with Crippen molar-refractivity contribution in [2.75, 3.05) is 13.6 Å². The number of likely N-dealkylation sites (N-methyl/N-ethyl adjacent to an activating group) is 1. The molecule has 1 aromatic heterocycles. The van der Waals surface area contributed by atoms with Gasteiger partial charge in [0.05, 0.1) is 5.69 Å². The summed E-state index contributed by atoms with van der Waals surface area (Å²) in [5.41, 5.74) is 1.82. The summed E-state index contributed by atoms with van der Waals surface area (Å²) in [5.74, 6) is 1.30. The Balaban J connectivity index is 1.97. The van der Waals surface area contributed by atoms with Crippen molar-refractivity contribution < 1.29 is 8.81 Å². The molecule has 4 heteroatoms. The molecule has 0 unspecified atom stereocenters. The first-order valence-electron chi connectivity index (χ1n) is 5.65. The maximum absolute atomic E-state index is 12.8. The molecule has 1 aromatic carbocycles. The average Bonchev–Trinajstić information content (AvgIpc) is 2.72. The summed E-state index contributed by atoms with van der Waals surface area (Å²) < 4.78 is 18.5. The summed E-state index contributed by atoms with van der Waals surface area (Å²) in [5, 5.41) is 0. The van der Waals surface area contributed by atoms with Gasteiger partial charge < -0.3 is 4.42 Å². The van der Waals surface area contributed by atoms with Gasteiger partial charge in [0.1, 0.15) is 11.6 Å². The Morgan fingerprint density at radius 3 is 2.82 bits per heavy atom. The van der Waals surface area contributed by atoms with Gasteiger partial charge in [0.25, 0.3) is 0 Å². The van der Waals surface area contributed by atoms with Crippen LogP contribution >= 0.6 is 0 Å². The Labute approximate surface area is 98.9 Å². The fraction of sp³-hybridized carbons (Fsp3) is 0.308. The van der Waals surface area contributed by atoms with Crippen LogP contribution in [-0.2, 0) is 13.0 Å². The van der Waals surface area contributed by atoms with Crippen molar-refractivity contribution in [1.29, 1.82) is 0 Å². The lowest BCUT2D eigenvalue weighted by atomic mass is 10.2. The smallest absolute Gasteiger partial charge is 0.226 e. The largest absolute Gasteiger partial charge is 0.441 e. The first-order chi connectivity index (χ1) is 8.22. The van der Waals surface area contributed by atoms with Crippen LogP contribution in [-0.4, -0.2) is 23.5 Å². The van der Waals surface area contributed by atoms with Gasteiger partial charge in [0.15, 0.2) is 0 Å². The van der Waals surface area contributed by atoms with E-state index >= 15 is 0 Å². The van der Waals surface area contributed by atoms with Gasteiger partial charge in [-0.15, -0.1) is 0 Å². The SMILES string of the molecule is CN1CCc2oc(-c3ccc(F)cc3)nc2C1. The Morgan fingerprint density at radius 2 is 2.06 bits per heavy atom. The molecule has 0 saturated heterocycles. The highest BCUT2D eigenvalue weighted by Gasteiger charge is 2.20. The molecule has 0 amide bonds. The van der Waals surface area contributed by atoms with Crippen molar-refractivity contribution in [3.8, 4) is 11.5 Å². The summed E-state index contributed by atoms with van der Waals surface area (Å²) in [6, 6.07) is 6.22. The molecule has 0 radical (unpaired) electrons. The maximum Gasteiger partial charge on any atom is 0.226 e. The number of aromatic nitrogens is 1. The molecular formula is C13H13FN2O. The third kappa shape index (κ3) is 1.96. The Kier molecular flexibility index (Phi) is 2.44. The van der Waals surface area contributed by atoms with Crippen molar-refractivity contribution in [2.45, 2.75) is 13.0 Å². The van der Waals surface area contributed by atoms with Gasteiger partial charge in [-0.25, -0.2) is 9.37 Å². The van der Waals surface area contributed by atoms with E-state index in [1.54, 1.807) is 12.1 Å². The van der Waals surface area contributed by atoms with Gasteiger partial charge in [-0.1, -0.05) is 0 Å². The minimum absolute atomic E-state index is 0.246. The number of fused-ring (bicyclic) bond motifs is 1. The highest BCUT2D eigenvalue weighted by molar-refractivity contribution is 5.53. The molecule has 0 atom stereocenters. The minimum Gasteiger partial charge on any atom is -0.441 e. The van der Waals surface area contributed by atoms with Crippen LogP contribution in [0.5, 0.6) is 0 Å². The topological polar surface area (TPSA) is 29.3 Å². The zero-order valence-corrected chi connectivity index (χ0v) is 9.61. The number of oxazole rings is 1. The highest BCUT2D eigenvalue weighted by Crippen LogP contribution is 2.25. The fourth-order valence-electron chi connectivity index (χ4n) is 2.05. The zero-order valence-electron chi connectivity index (χ0n) is 9.61. The maximum atomic E-state index is 12.8. The molecule has 0 spiro atoms. The fourth-order valence-corrected chi connectivity index (χ4v) is 2.05.